The van der Waals surface area contributed by atoms with Gasteiger partial charge in [0.2, 0.25) is 5.28 Å². The highest BCUT2D eigenvalue weighted by Gasteiger charge is 2.09. The van der Waals surface area contributed by atoms with Crippen molar-refractivity contribution in [3.63, 3.8) is 0 Å². The van der Waals surface area contributed by atoms with Crippen LogP contribution < -0.4 is 0 Å². The molecule has 0 fully saturated rings. The van der Waals surface area contributed by atoms with Crippen LogP contribution in [-0.2, 0) is 0 Å². The molecule has 0 radical (unpaired) electrons. The number of hydrogen-bond acceptors (Lipinski definition) is 3. The Morgan fingerprint density at radius 2 is 1.44 bits per heavy atom. The first-order valence-electron chi connectivity index (χ1n) is 7.34. The molecule has 1 rings (SSSR count). The van der Waals surface area contributed by atoms with Gasteiger partial charge in [0.25, 0.3) is 0 Å². The topological polar surface area (TPSA) is 38.7 Å². The van der Waals surface area contributed by atoms with Gasteiger partial charge in [-0.25, -0.2) is 4.98 Å². The first-order valence-corrected chi connectivity index (χ1v) is 7.72. The fourth-order valence-electron chi connectivity index (χ4n) is 1.66. The molecule has 0 spiro atoms. The van der Waals surface area contributed by atoms with Gasteiger partial charge in [0.15, 0.2) is 11.6 Å². The Kier molecular flexibility index (Phi) is 7.97. The highest BCUT2D eigenvalue weighted by Crippen LogP contribution is 2.18. The Labute approximate surface area is 154 Å². The zero-order valence-corrected chi connectivity index (χ0v) is 14.8. The van der Waals surface area contributed by atoms with Crippen LogP contribution in [0.4, 0.5) is 0 Å². The van der Waals surface area contributed by atoms with Crippen LogP contribution in [0.3, 0.4) is 0 Å². The molecular formula is C21H20ClN3. The maximum Gasteiger partial charge on any atom is 0.226 e. The minimum Gasteiger partial charge on any atom is -0.208 e. The average molecular weight is 350 g/mol. The van der Waals surface area contributed by atoms with E-state index < -0.39 is 0 Å². The third kappa shape index (κ3) is 6.16. The number of aromatic nitrogens is 3. The zero-order valence-electron chi connectivity index (χ0n) is 14.1. The van der Waals surface area contributed by atoms with E-state index in [9.17, 15) is 0 Å². The lowest BCUT2D eigenvalue weighted by Gasteiger charge is -2.05. The van der Waals surface area contributed by atoms with Crippen molar-refractivity contribution in [1.82, 2.24) is 15.0 Å². The van der Waals surface area contributed by atoms with E-state index in [1.54, 1.807) is 42.5 Å². The molecule has 1 aromatic rings. The largest absolute Gasteiger partial charge is 0.226 e. The molecule has 126 valence electrons. The smallest absolute Gasteiger partial charge is 0.208 e. The second kappa shape index (κ2) is 9.96. The van der Waals surface area contributed by atoms with Crippen LogP contribution >= 0.6 is 11.6 Å². The van der Waals surface area contributed by atoms with Crippen molar-refractivity contribution in [2.75, 3.05) is 0 Å². The number of allylic oxidation sites excluding steroid dienone is 12. The van der Waals surface area contributed by atoms with Crippen LogP contribution in [0.25, 0.3) is 11.1 Å². The molecule has 3 nitrogen and oxygen atoms in total. The van der Waals surface area contributed by atoms with Crippen molar-refractivity contribution in [2.24, 2.45) is 0 Å². The fraction of sp³-hybridized carbons (Fsp3) is 0. The minimum absolute atomic E-state index is 0.0727. The summed E-state index contributed by atoms with van der Waals surface area (Å²) in [5.41, 5.74) is 2.75. The number of nitrogens with zero attached hydrogens (tertiary/aromatic N) is 3. The Bertz CT molecular complexity index is 824. The Morgan fingerprint density at radius 1 is 0.800 bits per heavy atom. The molecule has 0 atom stereocenters. The van der Waals surface area contributed by atoms with Crippen LogP contribution in [0.2, 0.25) is 5.28 Å². The van der Waals surface area contributed by atoms with Crippen LogP contribution in [-0.4, -0.2) is 15.0 Å². The summed E-state index contributed by atoms with van der Waals surface area (Å²) in [6.07, 6.45) is 13.8. The van der Waals surface area contributed by atoms with Gasteiger partial charge in [0.05, 0.1) is 0 Å². The maximum atomic E-state index is 6.00. The number of hydrogen-bond donors (Lipinski definition) is 0. The molecule has 0 bridgehead atoms. The molecular weight excluding hydrogens is 330 g/mol. The molecule has 0 N–H and O–H groups in total. The summed E-state index contributed by atoms with van der Waals surface area (Å²) in [4.78, 5) is 12.6. The van der Waals surface area contributed by atoms with Gasteiger partial charge in [-0.05, 0) is 22.7 Å². The monoisotopic (exact) mass is 349 g/mol. The van der Waals surface area contributed by atoms with Crippen molar-refractivity contribution in [3.05, 3.63) is 116 Å². The van der Waals surface area contributed by atoms with Crippen LogP contribution in [0, 0.1) is 0 Å². The van der Waals surface area contributed by atoms with E-state index in [1.165, 1.54) is 0 Å². The Morgan fingerprint density at radius 3 is 2.04 bits per heavy atom. The average Bonchev–Trinajstić information content (AvgIpc) is 2.61. The Balaban J connectivity index is 3.08. The van der Waals surface area contributed by atoms with Gasteiger partial charge in [-0.3, -0.25) is 0 Å². The molecule has 0 aliphatic rings. The molecule has 25 heavy (non-hydrogen) atoms. The number of rotatable bonds is 9. The lowest BCUT2D eigenvalue weighted by molar-refractivity contribution is 0.995. The third-order valence-electron chi connectivity index (χ3n) is 3.00. The van der Waals surface area contributed by atoms with Crippen molar-refractivity contribution in [1.29, 1.82) is 0 Å². The van der Waals surface area contributed by atoms with Gasteiger partial charge in [-0.15, -0.1) is 0 Å². The SMILES string of the molecule is C=C/C=C\C(=C)C(=C)/C=C\C(=C)c1nc(Cl)nc(/C(C=C)=C/C=C)n1. The van der Waals surface area contributed by atoms with Gasteiger partial charge >= 0.3 is 0 Å². The lowest BCUT2D eigenvalue weighted by atomic mass is 10.1. The molecule has 0 saturated carbocycles. The standard InChI is InChI=1S/C21H20ClN3/c1-7-10-12-15(4)16(5)13-14-17(6)19-23-20(25-21(22)24-19)18(9-3)11-8-2/h7-14H,1-6H2/b12-10-,14-13-,18-11+. The molecule has 4 heteroatoms. The molecule has 0 unspecified atom stereocenters. The normalized spacial score (nSPS) is 11.5. The van der Waals surface area contributed by atoms with Crippen LogP contribution in [0.15, 0.2) is 99.2 Å². The highest BCUT2D eigenvalue weighted by molar-refractivity contribution is 6.28. The molecule has 1 heterocycles. The van der Waals surface area contributed by atoms with Crippen LogP contribution in [0.1, 0.15) is 11.6 Å². The van der Waals surface area contributed by atoms with E-state index in [4.69, 9.17) is 11.6 Å². The summed E-state index contributed by atoms with van der Waals surface area (Å²) in [6, 6.07) is 0. The summed E-state index contributed by atoms with van der Waals surface area (Å²) in [7, 11) is 0. The van der Waals surface area contributed by atoms with E-state index in [1.807, 2.05) is 6.08 Å². The van der Waals surface area contributed by atoms with E-state index in [2.05, 4.69) is 54.4 Å². The predicted octanol–water partition coefficient (Wildman–Crippen LogP) is 5.70. The van der Waals surface area contributed by atoms with Gasteiger partial charge in [-0.2, -0.15) is 9.97 Å². The summed E-state index contributed by atoms with van der Waals surface area (Å²) >= 11 is 6.00. The van der Waals surface area contributed by atoms with Crippen molar-refractivity contribution in [3.8, 4) is 0 Å². The quantitative estimate of drug-likeness (QED) is 0.536. The molecule has 0 saturated heterocycles. The highest BCUT2D eigenvalue weighted by atomic mass is 35.5. The summed E-state index contributed by atoms with van der Waals surface area (Å²) in [5.74, 6) is 0.764. The van der Waals surface area contributed by atoms with E-state index in [-0.39, 0.29) is 5.28 Å². The molecule has 0 aliphatic heterocycles. The Hall–Kier alpha value is -3.04. The van der Waals surface area contributed by atoms with Crippen LogP contribution in [0.5, 0.6) is 0 Å². The number of halogens is 1. The molecule has 0 amide bonds. The molecule has 0 aliphatic carbocycles. The summed E-state index contributed by atoms with van der Waals surface area (Å²) in [5, 5.41) is 0.0727. The lowest BCUT2D eigenvalue weighted by Crippen LogP contribution is -2.01. The maximum absolute atomic E-state index is 6.00. The summed E-state index contributed by atoms with van der Waals surface area (Å²) < 4.78 is 0. The predicted molar refractivity (Wildman–Crippen MR) is 109 cm³/mol. The third-order valence-corrected chi connectivity index (χ3v) is 3.17. The second-order valence-electron chi connectivity index (χ2n) is 4.82. The van der Waals surface area contributed by atoms with Crippen molar-refractivity contribution >= 4 is 22.7 Å². The summed E-state index contributed by atoms with van der Waals surface area (Å²) in [6.45, 7) is 22.8. The van der Waals surface area contributed by atoms with Gasteiger partial charge in [0.1, 0.15) is 0 Å². The second-order valence-corrected chi connectivity index (χ2v) is 5.16. The first kappa shape index (κ1) is 20.0. The van der Waals surface area contributed by atoms with E-state index >= 15 is 0 Å². The van der Waals surface area contributed by atoms with Gasteiger partial charge in [-0.1, -0.05) is 88.1 Å². The van der Waals surface area contributed by atoms with Crippen molar-refractivity contribution < 1.29 is 0 Å². The van der Waals surface area contributed by atoms with E-state index in [0.29, 0.717) is 22.8 Å². The fourth-order valence-corrected chi connectivity index (χ4v) is 1.82. The zero-order chi connectivity index (χ0) is 18.8. The molecule has 0 aromatic carbocycles. The van der Waals surface area contributed by atoms with Crippen molar-refractivity contribution in [2.45, 2.75) is 0 Å². The molecule has 1 aromatic heterocycles. The van der Waals surface area contributed by atoms with Gasteiger partial charge < -0.3 is 0 Å². The first-order chi connectivity index (χ1) is 11.9. The van der Waals surface area contributed by atoms with Gasteiger partial charge in [0, 0.05) is 11.1 Å². The van der Waals surface area contributed by atoms with E-state index in [0.717, 1.165) is 11.1 Å². The minimum atomic E-state index is 0.0727.